The van der Waals surface area contributed by atoms with Crippen molar-refractivity contribution in [1.29, 1.82) is 0 Å². The van der Waals surface area contributed by atoms with Gasteiger partial charge >= 0.3 is 0 Å². The highest BCUT2D eigenvalue weighted by Crippen LogP contribution is 2.29. The second-order valence-electron chi connectivity index (χ2n) is 4.03. The molecule has 0 amide bonds. The molecule has 0 N–H and O–H groups in total. The number of benzene rings is 2. The maximum absolute atomic E-state index is 11.1. The summed E-state index contributed by atoms with van der Waals surface area (Å²) in [6.45, 7) is 1.97. The quantitative estimate of drug-likeness (QED) is 0.776. The molecule has 2 nitrogen and oxygen atoms in total. The molecule has 2 rings (SSSR count). The molecular weight excluding hydrogens is 248 g/mol. The first kappa shape index (κ1) is 12.7. The summed E-state index contributed by atoms with van der Waals surface area (Å²) in [5.74, 6) is 0.827. The molecule has 0 saturated heterocycles. The summed E-state index contributed by atoms with van der Waals surface area (Å²) in [4.78, 5) is 11.1. The smallest absolute Gasteiger partial charge is 0.150 e. The molecular formula is C15H13ClO2. The number of carbonyl (C=O) groups is 1. The zero-order chi connectivity index (χ0) is 13.1. The van der Waals surface area contributed by atoms with Crippen molar-refractivity contribution in [2.75, 3.05) is 7.11 Å². The molecule has 0 unspecified atom stereocenters. The topological polar surface area (TPSA) is 26.3 Å². The van der Waals surface area contributed by atoms with Crippen LogP contribution in [0.4, 0.5) is 0 Å². The largest absolute Gasteiger partial charge is 0.496 e. The number of aryl methyl sites for hydroxylation is 1. The predicted octanol–water partition coefficient (Wildman–Crippen LogP) is 4.14. The van der Waals surface area contributed by atoms with Gasteiger partial charge in [0.05, 0.1) is 7.11 Å². The minimum absolute atomic E-state index is 0.615. The highest BCUT2D eigenvalue weighted by atomic mass is 35.5. The molecule has 3 heteroatoms. The molecule has 92 valence electrons. The molecule has 0 radical (unpaired) electrons. The Kier molecular flexibility index (Phi) is 3.68. The zero-order valence-electron chi connectivity index (χ0n) is 10.2. The van der Waals surface area contributed by atoms with Crippen molar-refractivity contribution in [3.63, 3.8) is 0 Å². The van der Waals surface area contributed by atoms with Gasteiger partial charge in [-0.25, -0.2) is 0 Å². The third-order valence-corrected chi connectivity index (χ3v) is 3.08. The molecule has 2 aromatic rings. The van der Waals surface area contributed by atoms with Crippen molar-refractivity contribution in [3.8, 4) is 16.9 Å². The Hall–Kier alpha value is -1.80. The minimum atomic E-state index is 0.615. The van der Waals surface area contributed by atoms with Crippen LogP contribution in [-0.4, -0.2) is 13.4 Å². The van der Waals surface area contributed by atoms with Crippen LogP contribution in [0, 0.1) is 6.92 Å². The molecule has 0 spiro atoms. The van der Waals surface area contributed by atoms with Gasteiger partial charge in [0, 0.05) is 10.6 Å². The lowest BCUT2D eigenvalue weighted by atomic mass is 9.98. The van der Waals surface area contributed by atoms with E-state index in [1.54, 1.807) is 25.3 Å². The van der Waals surface area contributed by atoms with Gasteiger partial charge in [0.1, 0.15) is 5.75 Å². The lowest BCUT2D eigenvalue weighted by Gasteiger charge is -2.09. The molecule has 0 fully saturated rings. The maximum Gasteiger partial charge on any atom is 0.150 e. The summed E-state index contributed by atoms with van der Waals surface area (Å²) in [7, 11) is 1.64. The molecule has 0 atom stereocenters. The van der Waals surface area contributed by atoms with Crippen LogP contribution in [0.3, 0.4) is 0 Å². The zero-order valence-corrected chi connectivity index (χ0v) is 11.0. The molecule has 0 aliphatic heterocycles. The van der Waals surface area contributed by atoms with Crippen molar-refractivity contribution in [3.05, 3.63) is 52.5 Å². The van der Waals surface area contributed by atoms with Crippen LogP contribution in [0.25, 0.3) is 11.1 Å². The number of ether oxygens (including phenoxy) is 1. The summed E-state index contributed by atoms with van der Waals surface area (Å²) < 4.78 is 5.22. The Morgan fingerprint density at radius 2 is 1.94 bits per heavy atom. The van der Waals surface area contributed by atoms with Crippen molar-refractivity contribution in [1.82, 2.24) is 0 Å². The van der Waals surface area contributed by atoms with E-state index in [-0.39, 0.29) is 0 Å². The number of methoxy groups -OCH3 is 1. The van der Waals surface area contributed by atoms with E-state index in [0.717, 1.165) is 28.7 Å². The van der Waals surface area contributed by atoms with Crippen LogP contribution in [0.2, 0.25) is 5.02 Å². The van der Waals surface area contributed by atoms with Crippen LogP contribution < -0.4 is 4.74 Å². The number of carbonyl (C=O) groups excluding carboxylic acids is 1. The summed E-state index contributed by atoms with van der Waals surface area (Å²) in [6, 6.07) is 11.0. The Labute approximate surface area is 111 Å². The summed E-state index contributed by atoms with van der Waals surface area (Å²) in [5.41, 5.74) is 3.44. The van der Waals surface area contributed by atoms with Gasteiger partial charge in [0.2, 0.25) is 0 Å². The molecule has 0 aliphatic carbocycles. The fraction of sp³-hybridized carbons (Fsp3) is 0.133. The average molecular weight is 261 g/mol. The van der Waals surface area contributed by atoms with Crippen molar-refractivity contribution >= 4 is 17.9 Å². The lowest BCUT2D eigenvalue weighted by molar-refractivity contribution is 0.112. The average Bonchev–Trinajstić information content (AvgIpc) is 2.38. The monoisotopic (exact) mass is 260 g/mol. The van der Waals surface area contributed by atoms with Crippen LogP contribution in [0.15, 0.2) is 36.4 Å². The molecule has 0 heterocycles. The first-order chi connectivity index (χ1) is 8.65. The van der Waals surface area contributed by atoms with E-state index in [0.29, 0.717) is 10.6 Å². The third-order valence-electron chi connectivity index (χ3n) is 2.85. The summed E-state index contributed by atoms with van der Waals surface area (Å²) >= 11 is 5.98. The fourth-order valence-corrected chi connectivity index (χ4v) is 2.10. The van der Waals surface area contributed by atoms with Gasteiger partial charge in [0.25, 0.3) is 0 Å². The van der Waals surface area contributed by atoms with Crippen molar-refractivity contribution in [2.24, 2.45) is 0 Å². The van der Waals surface area contributed by atoms with Crippen molar-refractivity contribution < 1.29 is 9.53 Å². The molecule has 18 heavy (non-hydrogen) atoms. The first-order valence-electron chi connectivity index (χ1n) is 5.55. The number of halogens is 1. The van der Waals surface area contributed by atoms with E-state index in [2.05, 4.69) is 0 Å². The lowest BCUT2D eigenvalue weighted by Crippen LogP contribution is -1.91. The van der Waals surface area contributed by atoms with Gasteiger partial charge in [-0.2, -0.15) is 0 Å². The van der Waals surface area contributed by atoms with E-state index in [1.165, 1.54) is 0 Å². The minimum Gasteiger partial charge on any atom is -0.496 e. The maximum atomic E-state index is 11.1. The van der Waals surface area contributed by atoms with Crippen LogP contribution in [-0.2, 0) is 0 Å². The molecule has 0 aromatic heterocycles. The van der Waals surface area contributed by atoms with Crippen LogP contribution in [0.1, 0.15) is 15.9 Å². The van der Waals surface area contributed by atoms with Gasteiger partial charge in [-0.15, -0.1) is 0 Å². The van der Waals surface area contributed by atoms with E-state index < -0.39 is 0 Å². The molecule has 0 saturated carbocycles. The third kappa shape index (κ3) is 2.39. The highest BCUT2D eigenvalue weighted by Gasteiger charge is 2.07. The van der Waals surface area contributed by atoms with E-state index in [9.17, 15) is 4.79 Å². The Morgan fingerprint density at radius 3 is 2.56 bits per heavy atom. The predicted molar refractivity (Wildman–Crippen MR) is 73.6 cm³/mol. The first-order valence-corrected chi connectivity index (χ1v) is 5.93. The Bertz CT molecular complexity index is 591. The SMILES string of the molecule is COc1ccc(-c2cc(Cl)ccc2C=O)cc1C. The van der Waals surface area contributed by atoms with E-state index in [1.807, 2.05) is 25.1 Å². The molecule has 0 bridgehead atoms. The van der Waals surface area contributed by atoms with Crippen molar-refractivity contribution in [2.45, 2.75) is 6.92 Å². The molecule has 0 aliphatic rings. The second kappa shape index (κ2) is 5.23. The van der Waals surface area contributed by atoms with Gasteiger partial charge in [0.15, 0.2) is 6.29 Å². The molecule has 2 aromatic carbocycles. The number of hydrogen-bond acceptors (Lipinski definition) is 2. The van der Waals surface area contributed by atoms with Gasteiger partial charge in [-0.1, -0.05) is 17.7 Å². The fourth-order valence-electron chi connectivity index (χ4n) is 1.93. The van der Waals surface area contributed by atoms with E-state index >= 15 is 0 Å². The van der Waals surface area contributed by atoms with Gasteiger partial charge in [-0.05, 0) is 53.9 Å². The van der Waals surface area contributed by atoms with E-state index in [4.69, 9.17) is 16.3 Å². The van der Waals surface area contributed by atoms with Crippen LogP contribution >= 0.6 is 11.6 Å². The Balaban J connectivity index is 2.57. The highest BCUT2D eigenvalue weighted by molar-refractivity contribution is 6.31. The summed E-state index contributed by atoms with van der Waals surface area (Å²) in [5, 5.41) is 0.615. The normalized spacial score (nSPS) is 10.2. The second-order valence-corrected chi connectivity index (χ2v) is 4.47. The number of hydrogen-bond donors (Lipinski definition) is 0. The Morgan fingerprint density at radius 1 is 1.17 bits per heavy atom. The van der Waals surface area contributed by atoms with Gasteiger partial charge in [-0.3, -0.25) is 4.79 Å². The van der Waals surface area contributed by atoms with Gasteiger partial charge < -0.3 is 4.74 Å². The standard InChI is InChI=1S/C15H13ClO2/c1-10-7-11(4-6-15(10)18-2)14-8-13(16)5-3-12(14)9-17/h3-9H,1-2H3. The van der Waals surface area contributed by atoms with Crippen LogP contribution in [0.5, 0.6) is 5.75 Å². The summed E-state index contributed by atoms with van der Waals surface area (Å²) in [6.07, 6.45) is 0.839. The number of aldehydes is 1. The number of rotatable bonds is 3.